The number of nitrogens with zero attached hydrogens (tertiary/aromatic N) is 1. The Morgan fingerprint density at radius 1 is 1.42 bits per heavy atom. The molecule has 1 unspecified atom stereocenters. The van der Waals surface area contributed by atoms with Gasteiger partial charge < -0.3 is 21.4 Å². The first-order valence-corrected chi connectivity index (χ1v) is 6.32. The van der Waals surface area contributed by atoms with Gasteiger partial charge in [-0.05, 0) is 18.4 Å². The van der Waals surface area contributed by atoms with Crippen LogP contribution in [0.5, 0.6) is 0 Å². The first-order chi connectivity index (χ1) is 8.85. The Hall–Kier alpha value is -1.82. The normalized spacial score (nSPS) is 12.5. The summed E-state index contributed by atoms with van der Waals surface area (Å²) in [7, 11) is 1.70. The first kappa shape index (κ1) is 15.2. The van der Waals surface area contributed by atoms with Crippen LogP contribution in [0.25, 0.3) is 0 Å². The van der Waals surface area contributed by atoms with Crippen molar-refractivity contribution in [3.8, 4) is 0 Å². The molecule has 0 saturated carbocycles. The van der Waals surface area contributed by atoms with E-state index in [0.29, 0.717) is 23.7 Å². The van der Waals surface area contributed by atoms with E-state index in [2.05, 4.69) is 19.2 Å². The minimum absolute atomic E-state index is 0.0700. The van der Waals surface area contributed by atoms with Crippen LogP contribution in [0, 0.1) is 5.92 Å². The second kappa shape index (κ2) is 6.38. The highest BCUT2D eigenvalue weighted by Crippen LogP contribution is 2.09. The maximum atomic E-state index is 12.1. The maximum absolute atomic E-state index is 12.1. The van der Waals surface area contributed by atoms with Crippen LogP contribution in [0.1, 0.15) is 41.1 Å². The number of aryl methyl sites for hydroxylation is 1. The van der Waals surface area contributed by atoms with E-state index in [1.165, 1.54) is 12.3 Å². The van der Waals surface area contributed by atoms with E-state index in [0.717, 1.165) is 6.42 Å². The van der Waals surface area contributed by atoms with Crippen molar-refractivity contribution in [1.82, 2.24) is 9.88 Å². The fourth-order valence-corrected chi connectivity index (χ4v) is 1.97. The van der Waals surface area contributed by atoms with Gasteiger partial charge in [0, 0.05) is 25.8 Å². The van der Waals surface area contributed by atoms with Crippen LogP contribution in [0.2, 0.25) is 0 Å². The van der Waals surface area contributed by atoms with Crippen molar-refractivity contribution in [3.05, 3.63) is 23.5 Å². The fourth-order valence-electron chi connectivity index (χ4n) is 1.97. The quantitative estimate of drug-likeness (QED) is 0.686. The monoisotopic (exact) mass is 266 g/mol. The Balaban J connectivity index is 2.79. The molecule has 0 fully saturated rings. The second-order valence-electron chi connectivity index (χ2n) is 5.12. The van der Waals surface area contributed by atoms with E-state index in [9.17, 15) is 9.59 Å². The smallest absolute Gasteiger partial charge is 0.268 e. The van der Waals surface area contributed by atoms with Crippen LogP contribution in [-0.2, 0) is 7.05 Å². The van der Waals surface area contributed by atoms with Gasteiger partial charge >= 0.3 is 0 Å². The Bertz CT molecular complexity index is 465. The van der Waals surface area contributed by atoms with E-state index in [-0.39, 0.29) is 11.9 Å². The lowest BCUT2D eigenvalue weighted by Crippen LogP contribution is -2.41. The van der Waals surface area contributed by atoms with Crippen LogP contribution >= 0.6 is 0 Å². The summed E-state index contributed by atoms with van der Waals surface area (Å²) >= 11 is 0. The molecule has 5 N–H and O–H groups in total. The molecule has 0 radical (unpaired) electrons. The molecule has 0 aromatic carbocycles. The third-order valence-corrected chi connectivity index (χ3v) is 2.90. The van der Waals surface area contributed by atoms with Crippen molar-refractivity contribution in [2.24, 2.45) is 24.4 Å². The number of nitrogens with one attached hydrogen (secondary N) is 1. The lowest BCUT2D eigenvalue weighted by Gasteiger charge is -2.18. The molecule has 1 heterocycles. The summed E-state index contributed by atoms with van der Waals surface area (Å²) in [4.78, 5) is 23.2. The average Bonchev–Trinajstić information content (AvgIpc) is 2.70. The van der Waals surface area contributed by atoms with Gasteiger partial charge in [-0.2, -0.15) is 0 Å². The summed E-state index contributed by atoms with van der Waals surface area (Å²) in [6, 6.07) is 1.42. The van der Waals surface area contributed by atoms with Crippen molar-refractivity contribution < 1.29 is 9.59 Å². The second-order valence-corrected chi connectivity index (χ2v) is 5.12. The van der Waals surface area contributed by atoms with Gasteiger partial charge in [0.1, 0.15) is 5.69 Å². The van der Waals surface area contributed by atoms with E-state index < -0.39 is 5.91 Å². The lowest BCUT2D eigenvalue weighted by atomic mass is 10.0. The van der Waals surface area contributed by atoms with E-state index in [1.54, 1.807) is 11.6 Å². The zero-order valence-corrected chi connectivity index (χ0v) is 11.6. The van der Waals surface area contributed by atoms with Crippen LogP contribution < -0.4 is 16.8 Å². The van der Waals surface area contributed by atoms with E-state index >= 15 is 0 Å². The summed E-state index contributed by atoms with van der Waals surface area (Å²) < 4.78 is 1.58. The zero-order chi connectivity index (χ0) is 14.6. The van der Waals surface area contributed by atoms with E-state index in [1.807, 2.05) is 0 Å². The Morgan fingerprint density at radius 3 is 2.47 bits per heavy atom. The molecule has 1 atom stereocenters. The van der Waals surface area contributed by atoms with Gasteiger partial charge in [0.2, 0.25) is 5.91 Å². The van der Waals surface area contributed by atoms with Gasteiger partial charge in [0.05, 0.1) is 5.56 Å². The fraction of sp³-hybridized carbons (Fsp3) is 0.538. The van der Waals surface area contributed by atoms with E-state index in [4.69, 9.17) is 11.5 Å². The molecule has 0 spiro atoms. The van der Waals surface area contributed by atoms with Gasteiger partial charge in [-0.3, -0.25) is 9.59 Å². The van der Waals surface area contributed by atoms with Crippen molar-refractivity contribution in [3.63, 3.8) is 0 Å². The van der Waals surface area contributed by atoms with Crippen LogP contribution in [0.3, 0.4) is 0 Å². The predicted octanol–water partition coefficient (Wildman–Crippen LogP) is 0.227. The Morgan fingerprint density at radius 2 is 2.05 bits per heavy atom. The molecule has 6 heteroatoms. The number of carbonyl (C=O) groups excluding carboxylic acids is 2. The van der Waals surface area contributed by atoms with Gasteiger partial charge in [-0.25, -0.2) is 0 Å². The number of carbonyl (C=O) groups is 2. The summed E-state index contributed by atoms with van der Waals surface area (Å²) in [5, 5.41) is 2.87. The number of aromatic nitrogens is 1. The van der Waals surface area contributed by atoms with Crippen LogP contribution in [-0.4, -0.2) is 29.0 Å². The Labute approximate surface area is 113 Å². The minimum Gasteiger partial charge on any atom is -0.366 e. The number of nitrogens with two attached hydrogens (primary N) is 2. The summed E-state index contributed by atoms with van der Waals surface area (Å²) in [6.07, 6.45) is 2.35. The van der Waals surface area contributed by atoms with Crippen molar-refractivity contribution in [2.75, 3.05) is 6.54 Å². The molecule has 19 heavy (non-hydrogen) atoms. The van der Waals surface area contributed by atoms with Gasteiger partial charge in [0.15, 0.2) is 0 Å². The number of primary amides is 1. The summed E-state index contributed by atoms with van der Waals surface area (Å²) in [6.45, 7) is 4.53. The van der Waals surface area contributed by atoms with Crippen molar-refractivity contribution >= 4 is 11.8 Å². The third kappa shape index (κ3) is 4.10. The molecule has 1 aromatic heterocycles. The number of rotatable bonds is 6. The average molecular weight is 266 g/mol. The molecule has 1 aromatic rings. The SMILES string of the molecule is CC(C)CC(CN)NC(=O)c1cc(C(N)=O)cn1C. The van der Waals surface area contributed by atoms with Gasteiger partial charge in [-0.1, -0.05) is 13.8 Å². The van der Waals surface area contributed by atoms with Crippen molar-refractivity contribution in [2.45, 2.75) is 26.3 Å². The molecule has 1 rings (SSSR count). The molecule has 6 nitrogen and oxygen atoms in total. The lowest BCUT2D eigenvalue weighted by molar-refractivity contribution is 0.0925. The largest absolute Gasteiger partial charge is 0.366 e. The Kier molecular flexibility index (Phi) is 5.11. The number of hydrogen-bond acceptors (Lipinski definition) is 3. The number of hydrogen-bond donors (Lipinski definition) is 3. The summed E-state index contributed by atoms with van der Waals surface area (Å²) in [5.41, 5.74) is 11.5. The molecule has 2 amide bonds. The molecular formula is C13H22N4O2. The molecule has 0 aliphatic rings. The number of amides is 2. The molecule has 0 aliphatic heterocycles. The standard InChI is InChI=1S/C13H22N4O2/c1-8(2)4-10(6-14)16-13(19)11-5-9(12(15)18)7-17(11)3/h5,7-8,10H,4,6,14H2,1-3H3,(H2,15,18)(H,16,19). The highest BCUT2D eigenvalue weighted by atomic mass is 16.2. The molecular weight excluding hydrogens is 244 g/mol. The van der Waals surface area contributed by atoms with Gasteiger partial charge in [-0.15, -0.1) is 0 Å². The maximum Gasteiger partial charge on any atom is 0.268 e. The highest BCUT2D eigenvalue weighted by molar-refractivity contribution is 5.98. The molecule has 106 valence electrons. The predicted molar refractivity (Wildman–Crippen MR) is 73.7 cm³/mol. The zero-order valence-electron chi connectivity index (χ0n) is 11.6. The third-order valence-electron chi connectivity index (χ3n) is 2.90. The van der Waals surface area contributed by atoms with Crippen LogP contribution in [0.15, 0.2) is 12.3 Å². The topological polar surface area (TPSA) is 103 Å². The minimum atomic E-state index is -0.549. The first-order valence-electron chi connectivity index (χ1n) is 6.32. The van der Waals surface area contributed by atoms with Gasteiger partial charge in [0.25, 0.3) is 5.91 Å². The summed E-state index contributed by atoms with van der Waals surface area (Å²) in [5.74, 6) is -0.346. The highest BCUT2D eigenvalue weighted by Gasteiger charge is 2.18. The molecule has 0 bridgehead atoms. The molecule has 0 aliphatic carbocycles. The van der Waals surface area contributed by atoms with Crippen LogP contribution in [0.4, 0.5) is 0 Å². The van der Waals surface area contributed by atoms with Crippen molar-refractivity contribution in [1.29, 1.82) is 0 Å². The molecule has 0 saturated heterocycles.